The van der Waals surface area contributed by atoms with Crippen LogP contribution in [0.2, 0.25) is 0 Å². The minimum atomic E-state index is -1.11. The average molecular weight is 540 g/mol. The maximum atomic E-state index is 13.4. The molecule has 3 aliphatic rings. The lowest BCUT2D eigenvalue weighted by Gasteiger charge is -2.30. The summed E-state index contributed by atoms with van der Waals surface area (Å²) < 4.78 is 6.60. The number of aliphatic hydroxyl groups excluding tert-OH is 4. The molecule has 38 heavy (non-hydrogen) atoms. The molecular formula is C25H43N6O7+. The van der Waals surface area contributed by atoms with Gasteiger partial charge in [-0.25, -0.2) is 0 Å². The van der Waals surface area contributed by atoms with Gasteiger partial charge in [-0.3, -0.25) is 15.0 Å². The zero-order chi connectivity index (χ0) is 28.1. The van der Waals surface area contributed by atoms with Gasteiger partial charge in [0, 0.05) is 45.5 Å². The number of rotatable bonds is 10. The Bertz CT molecular complexity index is 950. The van der Waals surface area contributed by atoms with Crippen LogP contribution >= 0.6 is 0 Å². The molecule has 1 saturated heterocycles. The minimum absolute atomic E-state index is 0.00230. The molecule has 9 N–H and O–H groups in total. The highest BCUT2D eigenvalue weighted by Gasteiger charge is 2.55. The van der Waals surface area contributed by atoms with Gasteiger partial charge in [0.2, 0.25) is 6.04 Å². The summed E-state index contributed by atoms with van der Waals surface area (Å²) >= 11 is 0. The van der Waals surface area contributed by atoms with Crippen molar-refractivity contribution in [3.8, 4) is 0 Å². The van der Waals surface area contributed by atoms with Crippen molar-refractivity contribution in [1.82, 2.24) is 15.5 Å². The van der Waals surface area contributed by atoms with E-state index in [-0.39, 0.29) is 36.0 Å². The van der Waals surface area contributed by atoms with Gasteiger partial charge < -0.3 is 46.4 Å². The van der Waals surface area contributed by atoms with Crippen LogP contribution in [0.5, 0.6) is 0 Å². The van der Waals surface area contributed by atoms with Crippen LogP contribution in [0.25, 0.3) is 0 Å². The first kappa shape index (κ1) is 29.8. The monoisotopic (exact) mass is 539 g/mol. The van der Waals surface area contributed by atoms with Gasteiger partial charge in [0.05, 0.1) is 18.8 Å². The number of ether oxygens (including phenoxy) is 1. The summed E-state index contributed by atoms with van der Waals surface area (Å²) in [5.74, 6) is -1.50. The molecule has 1 saturated carbocycles. The van der Waals surface area contributed by atoms with E-state index in [0.29, 0.717) is 38.9 Å². The van der Waals surface area contributed by atoms with E-state index in [1.54, 1.807) is 9.48 Å². The molecule has 7 atom stereocenters. The molecule has 13 nitrogen and oxygen atoms in total. The number of aliphatic hydroxyl groups is 4. The number of carbonyl (C=O) groups is 2. The molecule has 2 heterocycles. The summed E-state index contributed by atoms with van der Waals surface area (Å²) in [6.45, 7) is 4.56. The molecule has 0 radical (unpaired) electrons. The lowest BCUT2D eigenvalue weighted by molar-refractivity contribution is -0.582. The van der Waals surface area contributed by atoms with Crippen LogP contribution in [-0.2, 0) is 14.3 Å². The van der Waals surface area contributed by atoms with E-state index in [9.17, 15) is 30.0 Å². The molecule has 0 aromatic heterocycles. The number of fused-ring (bicyclic) bond motifs is 1. The Hall–Kier alpha value is -2.74. The normalized spacial score (nSPS) is 29.9. The quantitative estimate of drug-likeness (QED) is 0.0669. The molecule has 3 rings (SSSR count). The molecular weight excluding hydrogens is 496 g/mol. The third-order valence-electron chi connectivity index (χ3n) is 7.87. The zero-order valence-electron chi connectivity index (χ0n) is 22.3. The van der Waals surface area contributed by atoms with Crippen LogP contribution in [0.15, 0.2) is 11.6 Å². The Labute approximate surface area is 222 Å². The summed E-state index contributed by atoms with van der Waals surface area (Å²) in [6, 6.07) is -2.03. The minimum Gasteiger partial charge on any atom is -0.462 e. The fourth-order valence-electron chi connectivity index (χ4n) is 5.65. The van der Waals surface area contributed by atoms with Crippen molar-refractivity contribution in [1.29, 1.82) is 5.41 Å². The maximum absolute atomic E-state index is 13.4. The lowest BCUT2D eigenvalue weighted by atomic mass is 9.81. The first-order chi connectivity index (χ1) is 18.0. The van der Waals surface area contributed by atoms with E-state index < -0.39 is 49.0 Å². The van der Waals surface area contributed by atoms with Crippen molar-refractivity contribution in [2.45, 2.75) is 76.0 Å². The average Bonchev–Trinajstić information content (AvgIpc) is 3.48. The molecule has 214 valence electrons. The van der Waals surface area contributed by atoms with Gasteiger partial charge in [-0.05, 0) is 18.8 Å². The van der Waals surface area contributed by atoms with Crippen molar-refractivity contribution in [3.63, 3.8) is 0 Å². The predicted molar refractivity (Wildman–Crippen MR) is 139 cm³/mol. The van der Waals surface area contributed by atoms with Gasteiger partial charge in [0.1, 0.15) is 0 Å². The Morgan fingerprint density at radius 3 is 2.53 bits per heavy atom. The highest BCUT2D eigenvalue weighted by molar-refractivity contribution is 5.88. The highest BCUT2D eigenvalue weighted by atomic mass is 16.5. The van der Waals surface area contributed by atoms with Gasteiger partial charge in [0.15, 0.2) is 24.1 Å². The van der Waals surface area contributed by atoms with Crippen LogP contribution in [0.1, 0.15) is 39.5 Å². The van der Waals surface area contributed by atoms with Gasteiger partial charge in [-0.1, -0.05) is 25.5 Å². The summed E-state index contributed by atoms with van der Waals surface area (Å²) in [5.41, 5.74) is 6.61. The van der Waals surface area contributed by atoms with Gasteiger partial charge in [0.25, 0.3) is 11.8 Å². The first-order valence-corrected chi connectivity index (χ1v) is 13.2. The molecule has 0 aromatic carbocycles. The summed E-state index contributed by atoms with van der Waals surface area (Å²) in [6.07, 6.45) is 0.408. The number of hydrogen-bond donors (Lipinski definition) is 8. The zero-order valence-corrected chi connectivity index (χ0v) is 22.3. The Balaban J connectivity index is 1.81. The van der Waals surface area contributed by atoms with Crippen molar-refractivity contribution in [2.24, 2.45) is 17.6 Å². The summed E-state index contributed by atoms with van der Waals surface area (Å²) in [7, 11) is 1.30. The van der Waals surface area contributed by atoms with E-state index in [0.717, 1.165) is 5.57 Å². The van der Waals surface area contributed by atoms with E-state index in [2.05, 4.69) is 10.6 Å². The van der Waals surface area contributed by atoms with E-state index >= 15 is 0 Å². The molecule has 2 fully saturated rings. The molecule has 1 aliphatic carbocycles. The lowest BCUT2D eigenvalue weighted by Crippen LogP contribution is -2.55. The summed E-state index contributed by atoms with van der Waals surface area (Å²) in [4.78, 5) is 27.8. The molecule has 2 aliphatic heterocycles. The van der Waals surface area contributed by atoms with Crippen molar-refractivity contribution >= 4 is 23.7 Å². The van der Waals surface area contributed by atoms with E-state index in [4.69, 9.17) is 15.9 Å². The second-order valence-corrected chi connectivity index (χ2v) is 10.8. The molecule has 0 spiro atoms. The second-order valence-electron chi connectivity index (χ2n) is 10.8. The molecule has 0 bridgehead atoms. The van der Waals surface area contributed by atoms with Gasteiger partial charge in [-0.15, -0.1) is 0 Å². The van der Waals surface area contributed by atoms with Gasteiger partial charge >= 0.3 is 5.90 Å². The summed E-state index contributed by atoms with van der Waals surface area (Å²) in [5, 5.41) is 54.8. The van der Waals surface area contributed by atoms with Crippen LogP contribution in [0.4, 0.5) is 0 Å². The third-order valence-corrected chi connectivity index (χ3v) is 7.87. The van der Waals surface area contributed by atoms with Crippen LogP contribution < -0.4 is 16.4 Å². The fraction of sp³-hybridized carbons (Fsp3) is 0.760. The number of guanidine groups is 1. The van der Waals surface area contributed by atoms with Gasteiger partial charge in [-0.2, -0.15) is 4.58 Å². The van der Waals surface area contributed by atoms with Crippen LogP contribution in [0, 0.1) is 17.2 Å². The standard InChI is InChI=1S/C25H42N6O7/c1-13(2)21(29-23(36)20(12-32)38-3)24(37)31-16-10-19(34)18(33)9-15(16)8-17(31)22(35)28-6-4-14-5-7-30(11-14)25(26)27/h5,13,15-21,32-34H,4,6-12H2,1-3H3,(H5,26,27,28,29,35,36)/p+1/t15-,16+,17+,18+,19+,20-,21+/m1/s1. The molecule has 13 heteroatoms. The topological polar surface area (TPSA) is 204 Å². The first-order valence-electron chi connectivity index (χ1n) is 13.2. The number of hydrogen-bond acceptors (Lipinski definition) is 7. The molecule has 2 amide bonds. The van der Waals surface area contributed by atoms with Crippen LogP contribution in [-0.4, -0.2) is 123 Å². The smallest absolute Gasteiger partial charge is 0.358 e. The number of carbonyl (C=O) groups excluding carboxylic acids is 2. The van der Waals surface area contributed by atoms with Crippen molar-refractivity contribution in [2.75, 3.05) is 33.4 Å². The Morgan fingerprint density at radius 2 is 1.95 bits per heavy atom. The Morgan fingerprint density at radius 1 is 1.26 bits per heavy atom. The number of amides is 2. The number of nitrogens with two attached hydrogens (primary N) is 1. The SMILES string of the molecule is CO[C@H](CO)C(=O)N[C@H](C(O)=[N+]1[C@H](C(=O)NCCC2=CCN(C(=N)N)C2)C[C@@H]2C[C@H](O)[C@@H](O)C[C@@H]21)C(C)C. The predicted octanol–water partition coefficient (Wildman–Crippen LogP) is -1.98. The highest BCUT2D eigenvalue weighted by Crippen LogP contribution is 2.38. The number of methoxy groups -OCH3 is 1. The fourth-order valence-corrected chi connectivity index (χ4v) is 5.65. The second kappa shape index (κ2) is 12.9. The third kappa shape index (κ3) is 6.63. The molecule has 0 aromatic rings. The maximum Gasteiger partial charge on any atom is 0.358 e. The largest absolute Gasteiger partial charge is 0.462 e. The van der Waals surface area contributed by atoms with Crippen molar-refractivity contribution < 1.29 is 39.3 Å². The van der Waals surface area contributed by atoms with E-state index in [1.165, 1.54) is 7.11 Å². The number of nitrogens with zero attached hydrogens (tertiary/aromatic N) is 2. The van der Waals surface area contributed by atoms with E-state index in [1.807, 2.05) is 19.9 Å². The van der Waals surface area contributed by atoms with Crippen molar-refractivity contribution in [3.05, 3.63) is 11.6 Å². The number of nitrogens with one attached hydrogen (secondary N) is 3. The molecule has 0 unspecified atom stereocenters. The van der Waals surface area contributed by atoms with Crippen LogP contribution in [0.3, 0.4) is 0 Å². The Kier molecular flexibility index (Phi) is 10.1.